The van der Waals surface area contributed by atoms with Crippen LogP contribution in [-0.2, 0) is 0 Å². The van der Waals surface area contributed by atoms with E-state index in [1.807, 2.05) is 0 Å². The van der Waals surface area contributed by atoms with E-state index in [1.54, 1.807) is 0 Å². The molecule has 21 heavy (non-hydrogen) atoms. The van der Waals surface area contributed by atoms with E-state index in [-0.39, 0.29) is 0 Å². The second kappa shape index (κ2) is 9.15. The molecule has 0 radical (unpaired) electrons. The molecule has 2 rings (SSSR count). The molecular weight excluding hydrogens is 256 g/mol. The molecule has 1 N–H and O–H groups in total. The Morgan fingerprint density at radius 3 is 2.29 bits per heavy atom. The number of hydrogen-bond donors (Lipinski definition) is 1. The maximum Gasteiger partial charge on any atom is 0.0108 e. The van der Waals surface area contributed by atoms with E-state index in [4.69, 9.17) is 0 Å². The third-order valence-corrected chi connectivity index (χ3v) is 5.87. The van der Waals surface area contributed by atoms with Gasteiger partial charge in [0, 0.05) is 12.6 Å². The largest absolute Gasteiger partial charge is 0.314 e. The van der Waals surface area contributed by atoms with E-state index >= 15 is 0 Å². The summed E-state index contributed by atoms with van der Waals surface area (Å²) in [5, 5.41) is 3.78. The van der Waals surface area contributed by atoms with Crippen molar-refractivity contribution in [3.8, 4) is 0 Å². The fourth-order valence-electron chi connectivity index (χ4n) is 4.47. The fourth-order valence-corrected chi connectivity index (χ4v) is 4.47. The van der Waals surface area contributed by atoms with Crippen molar-refractivity contribution in [3.05, 3.63) is 0 Å². The normalized spacial score (nSPS) is 32.9. The Balaban J connectivity index is 1.90. The summed E-state index contributed by atoms with van der Waals surface area (Å²) in [6.07, 6.45) is 11.5. The van der Waals surface area contributed by atoms with Crippen LogP contribution in [0.1, 0.15) is 72.1 Å². The number of rotatable bonds is 5. The molecule has 0 aromatic rings. The van der Waals surface area contributed by atoms with Crippen molar-refractivity contribution >= 4 is 0 Å². The van der Waals surface area contributed by atoms with Gasteiger partial charge in [-0.05, 0) is 69.5 Å². The zero-order valence-electron chi connectivity index (χ0n) is 14.7. The first kappa shape index (κ1) is 17.3. The molecule has 0 amide bonds. The maximum absolute atomic E-state index is 3.78. The molecule has 1 aliphatic carbocycles. The molecule has 0 spiro atoms. The van der Waals surface area contributed by atoms with Gasteiger partial charge in [0.2, 0.25) is 0 Å². The monoisotopic (exact) mass is 294 g/mol. The Bertz CT molecular complexity index is 269. The molecule has 2 nitrogen and oxygen atoms in total. The lowest BCUT2D eigenvalue weighted by atomic mass is 9.73. The van der Waals surface area contributed by atoms with E-state index in [0.29, 0.717) is 0 Å². The van der Waals surface area contributed by atoms with Crippen LogP contribution in [0.25, 0.3) is 0 Å². The van der Waals surface area contributed by atoms with Crippen LogP contribution < -0.4 is 5.32 Å². The summed E-state index contributed by atoms with van der Waals surface area (Å²) < 4.78 is 0. The summed E-state index contributed by atoms with van der Waals surface area (Å²) in [5.41, 5.74) is 0. The molecule has 3 unspecified atom stereocenters. The molecule has 3 atom stereocenters. The third kappa shape index (κ3) is 5.56. The fraction of sp³-hybridized carbons (Fsp3) is 1.00. The van der Waals surface area contributed by atoms with E-state index in [9.17, 15) is 0 Å². The summed E-state index contributed by atoms with van der Waals surface area (Å²) >= 11 is 0. The number of nitrogens with one attached hydrogen (secondary N) is 1. The highest BCUT2D eigenvalue weighted by Gasteiger charge is 2.32. The van der Waals surface area contributed by atoms with Gasteiger partial charge in [0.25, 0.3) is 0 Å². The highest BCUT2D eigenvalue weighted by Crippen LogP contribution is 2.34. The minimum Gasteiger partial charge on any atom is -0.314 e. The molecule has 2 heteroatoms. The van der Waals surface area contributed by atoms with Gasteiger partial charge in [0.15, 0.2) is 0 Å². The van der Waals surface area contributed by atoms with Gasteiger partial charge >= 0.3 is 0 Å². The van der Waals surface area contributed by atoms with Crippen molar-refractivity contribution in [2.45, 2.75) is 78.2 Å². The lowest BCUT2D eigenvalue weighted by Crippen LogP contribution is -2.47. The summed E-state index contributed by atoms with van der Waals surface area (Å²) in [5.74, 6) is 2.70. The van der Waals surface area contributed by atoms with E-state index in [1.165, 1.54) is 71.0 Å². The van der Waals surface area contributed by atoms with Gasteiger partial charge in [-0.25, -0.2) is 0 Å². The molecular formula is C19H38N2. The lowest BCUT2D eigenvalue weighted by molar-refractivity contribution is 0.117. The molecule has 0 bridgehead atoms. The molecule has 1 saturated heterocycles. The Labute approximate surface area is 133 Å². The Morgan fingerprint density at radius 2 is 1.67 bits per heavy atom. The molecule has 1 saturated carbocycles. The SMILES string of the molecule is CCNC1CCC(C(C)C)CC1CN1CCCCCCC1. The highest BCUT2D eigenvalue weighted by molar-refractivity contribution is 4.87. The molecule has 0 aromatic carbocycles. The van der Waals surface area contributed by atoms with Crippen LogP contribution in [0.4, 0.5) is 0 Å². The van der Waals surface area contributed by atoms with Crippen molar-refractivity contribution < 1.29 is 0 Å². The maximum atomic E-state index is 3.78. The molecule has 2 aliphatic rings. The number of likely N-dealkylation sites (tertiary alicyclic amines) is 1. The van der Waals surface area contributed by atoms with Crippen LogP contribution in [-0.4, -0.2) is 37.1 Å². The number of nitrogens with zero attached hydrogens (tertiary/aromatic N) is 1. The Kier molecular flexibility index (Phi) is 7.53. The van der Waals surface area contributed by atoms with Crippen LogP contribution in [0.2, 0.25) is 0 Å². The zero-order valence-corrected chi connectivity index (χ0v) is 14.7. The predicted octanol–water partition coefficient (Wildman–Crippen LogP) is 4.30. The smallest absolute Gasteiger partial charge is 0.0108 e. The van der Waals surface area contributed by atoms with Crippen LogP contribution in [0.15, 0.2) is 0 Å². The topological polar surface area (TPSA) is 15.3 Å². The zero-order chi connectivity index (χ0) is 15.1. The average Bonchev–Trinajstić information content (AvgIpc) is 2.43. The van der Waals surface area contributed by atoms with Gasteiger partial charge in [0.05, 0.1) is 0 Å². The van der Waals surface area contributed by atoms with Crippen LogP contribution in [0.3, 0.4) is 0 Å². The van der Waals surface area contributed by atoms with Crippen molar-refractivity contribution in [2.75, 3.05) is 26.2 Å². The third-order valence-electron chi connectivity index (χ3n) is 5.87. The summed E-state index contributed by atoms with van der Waals surface area (Å²) in [4.78, 5) is 2.79. The first-order valence-corrected chi connectivity index (χ1v) is 9.66. The molecule has 1 heterocycles. The van der Waals surface area contributed by atoms with E-state index in [2.05, 4.69) is 31.0 Å². The van der Waals surface area contributed by atoms with Crippen LogP contribution in [0, 0.1) is 17.8 Å². The second-order valence-electron chi connectivity index (χ2n) is 7.81. The van der Waals surface area contributed by atoms with Crippen LogP contribution >= 0.6 is 0 Å². The molecule has 2 fully saturated rings. The summed E-state index contributed by atoms with van der Waals surface area (Å²) in [7, 11) is 0. The van der Waals surface area contributed by atoms with Crippen molar-refractivity contribution in [3.63, 3.8) is 0 Å². The average molecular weight is 295 g/mol. The minimum absolute atomic E-state index is 0.774. The lowest BCUT2D eigenvalue weighted by Gasteiger charge is -2.41. The van der Waals surface area contributed by atoms with Gasteiger partial charge in [-0.3, -0.25) is 0 Å². The van der Waals surface area contributed by atoms with Gasteiger partial charge < -0.3 is 10.2 Å². The van der Waals surface area contributed by atoms with Crippen LogP contribution in [0.5, 0.6) is 0 Å². The highest BCUT2D eigenvalue weighted by atomic mass is 15.1. The Morgan fingerprint density at radius 1 is 1.00 bits per heavy atom. The van der Waals surface area contributed by atoms with Gasteiger partial charge in [-0.2, -0.15) is 0 Å². The predicted molar refractivity (Wildman–Crippen MR) is 92.7 cm³/mol. The number of hydrogen-bond acceptors (Lipinski definition) is 2. The second-order valence-corrected chi connectivity index (χ2v) is 7.81. The first-order chi connectivity index (χ1) is 10.2. The molecule has 1 aliphatic heterocycles. The minimum atomic E-state index is 0.774. The molecule has 0 aromatic heterocycles. The van der Waals surface area contributed by atoms with Crippen molar-refractivity contribution in [1.82, 2.24) is 10.2 Å². The van der Waals surface area contributed by atoms with Gasteiger partial charge in [-0.1, -0.05) is 40.0 Å². The molecule has 124 valence electrons. The quantitative estimate of drug-likeness (QED) is 0.813. The van der Waals surface area contributed by atoms with E-state index < -0.39 is 0 Å². The van der Waals surface area contributed by atoms with Gasteiger partial charge in [0.1, 0.15) is 0 Å². The summed E-state index contributed by atoms with van der Waals surface area (Å²) in [6.45, 7) is 12.3. The van der Waals surface area contributed by atoms with Crippen molar-refractivity contribution in [2.24, 2.45) is 17.8 Å². The Hall–Kier alpha value is -0.0800. The first-order valence-electron chi connectivity index (χ1n) is 9.66. The van der Waals surface area contributed by atoms with Crippen molar-refractivity contribution in [1.29, 1.82) is 0 Å². The standard InChI is InChI=1S/C19H38N2/c1-4-20-19-11-10-17(16(2)3)14-18(19)15-21-12-8-6-5-7-9-13-21/h16-20H,4-15H2,1-3H3. The summed E-state index contributed by atoms with van der Waals surface area (Å²) in [6, 6.07) is 0.774. The van der Waals surface area contributed by atoms with Gasteiger partial charge in [-0.15, -0.1) is 0 Å². The van der Waals surface area contributed by atoms with E-state index in [0.717, 1.165) is 30.3 Å².